The number of quaternary nitrogens is 1. The molecule has 0 saturated carbocycles. The minimum Gasteiger partial charge on any atom is -1.00 e. The van der Waals surface area contributed by atoms with Gasteiger partial charge in [0.05, 0.1) is 12.6 Å². The maximum absolute atomic E-state index is 2.42. The molecule has 0 amide bonds. The van der Waals surface area contributed by atoms with Gasteiger partial charge in [-0.05, 0) is 35.6 Å². The summed E-state index contributed by atoms with van der Waals surface area (Å²) in [6.45, 7) is 3.30. The summed E-state index contributed by atoms with van der Waals surface area (Å²) in [5.41, 5.74) is 4.05. The fourth-order valence-corrected chi connectivity index (χ4v) is 3.69. The molecular formula is C22H24ClNS. The lowest BCUT2D eigenvalue weighted by Crippen LogP contribution is -3.00. The molecule has 1 atom stereocenters. The molecule has 0 bridgehead atoms. The molecule has 2 aromatic carbocycles. The van der Waals surface area contributed by atoms with Crippen molar-refractivity contribution in [2.45, 2.75) is 19.4 Å². The first-order valence-electron chi connectivity index (χ1n) is 8.49. The molecular weight excluding hydrogens is 346 g/mol. The number of benzene rings is 2. The van der Waals surface area contributed by atoms with E-state index in [1.165, 1.54) is 21.6 Å². The minimum atomic E-state index is 0. The molecule has 1 nitrogen and oxygen atoms in total. The molecule has 3 heteroatoms. The predicted octanol–water partition coefficient (Wildman–Crippen LogP) is 1.38. The van der Waals surface area contributed by atoms with Gasteiger partial charge in [0.1, 0.15) is 0 Å². The van der Waals surface area contributed by atoms with Crippen molar-refractivity contribution in [3.8, 4) is 0 Å². The summed E-state index contributed by atoms with van der Waals surface area (Å²) in [6, 6.07) is 26.3. The molecule has 0 aliphatic heterocycles. The number of nitrogens with two attached hydrogens (primary N) is 1. The highest BCUT2D eigenvalue weighted by Crippen LogP contribution is 2.26. The van der Waals surface area contributed by atoms with E-state index in [2.05, 4.69) is 96.5 Å². The third-order valence-electron chi connectivity index (χ3n) is 4.13. The number of hydrogen-bond donors (Lipinski definition) is 1. The first-order chi connectivity index (χ1) is 11.8. The smallest absolute Gasteiger partial charge is 0.0954 e. The van der Waals surface area contributed by atoms with Crippen molar-refractivity contribution >= 4 is 16.9 Å². The molecule has 0 spiro atoms. The lowest BCUT2D eigenvalue weighted by Gasteiger charge is -2.11. The summed E-state index contributed by atoms with van der Waals surface area (Å²) in [6.07, 6.45) is 3.47. The molecule has 130 valence electrons. The molecule has 0 aliphatic rings. The third kappa shape index (κ3) is 5.86. The third-order valence-corrected chi connectivity index (χ3v) is 5.04. The second-order valence-corrected chi connectivity index (χ2v) is 7.05. The van der Waals surface area contributed by atoms with Crippen LogP contribution < -0.4 is 17.7 Å². The average Bonchev–Trinajstić information content (AvgIpc) is 3.14. The fourth-order valence-electron chi connectivity index (χ4n) is 2.90. The van der Waals surface area contributed by atoms with Crippen molar-refractivity contribution in [2.75, 3.05) is 6.54 Å². The van der Waals surface area contributed by atoms with Crippen LogP contribution in [-0.4, -0.2) is 12.6 Å². The van der Waals surface area contributed by atoms with E-state index in [0.717, 1.165) is 13.0 Å². The van der Waals surface area contributed by atoms with Crippen LogP contribution in [0.15, 0.2) is 84.3 Å². The van der Waals surface area contributed by atoms with Gasteiger partial charge in [0.25, 0.3) is 0 Å². The lowest BCUT2D eigenvalue weighted by atomic mass is 10.0. The summed E-state index contributed by atoms with van der Waals surface area (Å²) in [5.74, 6) is 0. The Bertz CT molecular complexity index is 751. The summed E-state index contributed by atoms with van der Waals surface area (Å²) in [7, 11) is 0. The standard InChI is InChI=1S/C22H23NS.ClH/c1-18(17-19-9-4-2-5-10-19)23-15-14-21(22-13-8-16-24-22)20-11-6-3-7-12-20;/h2-14,16,18,23H,15,17H2,1H3;1H/b21-14-;. The molecule has 1 aromatic heterocycles. The van der Waals surface area contributed by atoms with Crippen LogP contribution in [0.1, 0.15) is 22.9 Å². The number of rotatable bonds is 7. The SMILES string of the molecule is CC(Cc1ccccc1)[NH2+]C/C=C(/c1ccccc1)c1cccs1.[Cl-]. The average molecular weight is 370 g/mol. The number of hydrogen-bond acceptors (Lipinski definition) is 1. The Morgan fingerprint density at radius 1 is 0.960 bits per heavy atom. The molecule has 0 saturated heterocycles. The van der Waals surface area contributed by atoms with E-state index in [9.17, 15) is 0 Å². The quantitative estimate of drug-likeness (QED) is 0.648. The normalized spacial score (nSPS) is 12.4. The van der Waals surface area contributed by atoms with E-state index in [4.69, 9.17) is 0 Å². The maximum atomic E-state index is 2.42. The number of halogens is 1. The van der Waals surface area contributed by atoms with Crippen LogP contribution in [0.5, 0.6) is 0 Å². The summed E-state index contributed by atoms with van der Waals surface area (Å²) >= 11 is 1.81. The van der Waals surface area contributed by atoms with Gasteiger partial charge < -0.3 is 17.7 Å². The van der Waals surface area contributed by atoms with Gasteiger partial charge in [-0.1, -0.05) is 66.7 Å². The fraction of sp³-hybridized carbons (Fsp3) is 0.182. The van der Waals surface area contributed by atoms with Crippen molar-refractivity contribution < 1.29 is 17.7 Å². The Morgan fingerprint density at radius 3 is 2.28 bits per heavy atom. The molecule has 0 aliphatic carbocycles. The number of thiophene rings is 1. The van der Waals surface area contributed by atoms with Gasteiger partial charge in [0, 0.05) is 16.9 Å². The van der Waals surface area contributed by atoms with Crippen LogP contribution >= 0.6 is 11.3 Å². The van der Waals surface area contributed by atoms with Crippen LogP contribution in [0.2, 0.25) is 0 Å². The second kappa shape index (κ2) is 10.2. The van der Waals surface area contributed by atoms with Crippen molar-refractivity contribution in [3.05, 3.63) is 100 Å². The van der Waals surface area contributed by atoms with E-state index in [1.807, 2.05) is 0 Å². The van der Waals surface area contributed by atoms with Gasteiger partial charge in [-0.3, -0.25) is 0 Å². The summed E-state index contributed by atoms with van der Waals surface area (Å²) in [5, 5.41) is 4.57. The second-order valence-electron chi connectivity index (χ2n) is 6.10. The summed E-state index contributed by atoms with van der Waals surface area (Å²) < 4.78 is 0. The highest BCUT2D eigenvalue weighted by molar-refractivity contribution is 7.11. The van der Waals surface area contributed by atoms with E-state index in [-0.39, 0.29) is 12.4 Å². The van der Waals surface area contributed by atoms with E-state index in [0.29, 0.717) is 6.04 Å². The Hall–Kier alpha value is -1.87. The van der Waals surface area contributed by atoms with Crippen LogP contribution in [0.25, 0.3) is 5.57 Å². The first kappa shape index (κ1) is 19.5. The first-order valence-corrected chi connectivity index (χ1v) is 9.37. The van der Waals surface area contributed by atoms with Crippen LogP contribution in [-0.2, 0) is 6.42 Å². The maximum Gasteiger partial charge on any atom is 0.0954 e. The Labute approximate surface area is 160 Å². The van der Waals surface area contributed by atoms with Crippen LogP contribution in [0.4, 0.5) is 0 Å². The highest BCUT2D eigenvalue weighted by Gasteiger charge is 2.08. The molecule has 3 aromatic rings. The van der Waals surface area contributed by atoms with E-state index in [1.54, 1.807) is 11.3 Å². The zero-order valence-electron chi connectivity index (χ0n) is 14.4. The van der Waals surface area contributed by atoms with Gasteiger partial charge in [0.15, 0.2) is 0 Å². The monoisotopic (exact) mass is 369 g/mol. The van der Waals surface area contributed by atoms with Crippen LogP contribution in [0, 0.1) is 0 Å². The van der Waals surface area contributed by atoms with Gasteiger partial charge in [-0.2, -0.15) is 0 Å². The molecule has 25 heavy (non-hydrogen) atoms. The largest absolute Gasteiger partial charge is 1.00 e. The van der Waals surface area contributed by atoms with Crippen molar-refractivity contribution in [1.29, 1.82) is 0 Å². The molecule has 1 heterocycles. The lowest BCUT2D eigenvalue weighted by molar-refractivity contribution is -0.677. The van der Waals surface area contributed by atoms with Gasteiger partial charge in [-0.15, -0.1) is 11.3 Å². The van der Waals surface area contributed by atoms with Crippen LogP contribution in [0.3, 0.4) is 0 Å². The minimum absolute atomic E-state index is 0. The molecule has 0 radical (unpaired) electrons. The van der Waals surface area contributed by atoms with Gasteiger partial charge in [0.2, 0.25) is 0 Å². The topological polar surface area (TPSA) is 16.6 Å². The zero-order chi connectivity index (χ0) is 16.6. The van der Waals surface area contributed by atoms with E-state index < -0.39 is 0 Å². The Morgan fingerprint density at radius 2 is 1.64 bits per heavy atom. The molecule has 0 fully saturated rings. The molecule has 3 rings (SSSR count). The highest BCUT2D eigenvalue weighted by atomic mass is 35.5. The molecule has 1 unspecified atom stereocenters. The van der Waals surface area contributed by atoms with Crippen molar-refractivity contribution in [1.82, 2.24) is 0 Å². The molecule has 2 N–H and O–H groups in total. The zero-order valence-corrected chi connectivity index (χ0v) is 16.0. The Balaban J connectivity index is 0.00000225. The van der Waals surface area contributed by atoms with Crippen molar-refractivity contribution in [2.24, 2.45) is 0 Å². The van der Waals surface area contributed by atoms with Gasteiger partial charge >= 0.3 is 0 Å². The van der Waals surface area contributed by atoms with Crippen molar-refractivity contribution in [3.63, 3.8) is 0 Å². The summed E-state index contributed by atoms with van der Waals surface area (Å²) in [4.78, 5) is 1.34. The predicted molar refractivity (Wildman–Crippen MR) is 104 cm³/mol. The van der Waals surface area contributed by atoms with Gasteiger partial charge in [-0.25, -0.2) is 0 Å². The van der Waals surface area contributed by atoms with E-state index >= 15 is 0 Å². The Kier molecular flexibility index (Phi) is 7.93.